The third kappa shape index (κ3) is 4.65. The van der Waals surface area contributed by atoms with Crippen LogP contribution in [-0.2, 0) is 13.5 Å². The van der Waals surface area contributed by atoms with Crippen LogP contribution in [-0.4, -0.2) is 21.6 Å². The number of halogens is 1. The average Bonchev–Trinajstić information content (AvgIpc) is 2.80. The third-order valence-corrected chi connectivity index (χ3v) is 4.36. The summed E-state index contributed by atoms with van der Waals surface area (Å²) in [6.45, 7) is 0. The fraction of sp³-hybridized carbons (Fsp3) is 0.308. The molecule has 0 amide bonds. The quantitative estimate of drug-likeness (QED) is 0.481. The number of hydrogen-bond acceptors (Lipinski definition) is 4. The van der Waals surface area contributed by atoms with Gasteiger partial charge in [0.2, 0.25) is 0 Å². The summed E-state index contributed by atoms with van der Waals surface area (Å²) in [6.07, 6.45) is 2.78. The topological polar surface area (TPSA) is 55.9 Å². The fourth-order valence-corrected chi connectivity index (χ4v) is 3.29. The van der Waals surface area contributed by atoms with E-state index in [1.165, 1.54) is 4.90 Å². The van der Waals surface area contributed by atoms with Crippen LogP contribution in [0.3, 0.4) is 0 Å². The number of nitrogens with one attached hydrogen (secondary N) is 1. The Morgan fingerprint density at radius 1 is 1.47 bits per heavy atom. The van der Waals surface area contributed by atoms with E-state index in [1.54, 1.807) is 11.8 Å². The van der Waals surface area contributed by atoms with Crippen molar-refractivity contribution in [1.29, 1.82) is 0 Å². The van der Waals surface area contributed by atoms with E-state index in [1.807, 2.05) is 36.1 Å². The maximum atomic E-state index is 5.61. The van der Waals surface area contributed by atoms with E-state index < -0.39 is 0 Å². The van der Waals surface area contributed by atoms with E-state index >= 15 is 0 Å². The molecule has 0 bridgehead atoms. The summed E-state index contributed by atoms with van der Waals surface area (Å²) in [7, 11) is 1.92. The van der Waals surface area contributed by atoms with Gasteiger partial charge in [0.15, 0.2) is 0 Å². The Labute approximate surface area is 125 Å². The van der Waals surface area contributed by atoms with Crippen LogP contribution < -0.4 is 11.3 Å². The molecular weight excluding hydrogens is 324 g/mol. The van der Waals surface area contributed by atoms with Gasteiger partial charge in [0.1, 0.15) is 0 Å². The first-order chi connectivity index (χ1) is 9.17. The van der Waals surface area contributed by atoms with Crippen LogP contribution in [0.15, 0.2) is 45.9 Å². The Balaban J connectivity index is 1.89. The number of rotatable bonds is 6. The van der Waals surface area contributed by atoms with Crippen molar-refractivity contribution in [3.63, 3.8) is 0 Å². The zero-order valence-electron chi connectivity index (χ0n) is 10.7. The molecule has 1 unspecified atom stereocenters. The van der Waals surface area contributed by atoms with Gasteiger partial charge in [-0.25, -0.2) is 0 Å². The molecule has 0 spiro atoms. The smallest absolute Gasteiger partial charge is 0.0640 e. The first-order valence-electron chi connectivity index (χ1n) is 6.00. The maximum Gasteiger partial charge on any atom is 0.0640 e. The molecule has 2 aromatic rings. The average molecular weight is 341 g/mol. The first-order valence-corrected chi connectivity index (χ1v) is 7.78. The van der Waals surface area contributed by atoms with Crippen molar-refractivity contribution < 1.29 is 0 Å². The third-order valence-electron chi connectivity index (χ3n) is 2.71. The molecule has 1 atom stereocenters. The van der Waals surface area contributed by atoms with Gasteiger partial charge in [-0.1, -0.05) is 22.0 Å². The lowest BCUT2D eigenvalue weighted by atomic mass is 10.2. The van der Waals surface area contributed by atoms with E-state index in [0.29, 0.717) is 0 Å². The van der Waals surface area contributed by atoms with E-state index in [2.05, 4.69) is 38.6 Å². The second-order valence-electron chi connectivity index (χ2n) is 4.32. The Kier molecular flexibility index (Phi) is 5.45. The van der Waals surface area contributed by atoms with Crippen LogP contribution in [0.5, 0.6) is 0 Å². The summed E-state index contributed by atoms with van der Waals surface area (Å²) in [5.41, 5.74) is 3.92. The van der Waals surface area contributed by atoms with Crippen molar-refractivity contribution in [3.05, 3.63) is 46.7 Å². The Bertz CT molecular complexity index is 529. The minimum Gasteiger partial charge on any atom is -0.276 e. The van der Waals surface area contributed by atoms with Crippen molar-refractivity contribution in [2.24, 2.45) is 12.9 Å². The summed E-state index contributed by atoms with van der Waals surface area (Å²) in [6, 6.07) is 10.5. The molecule has 0 radical (unpaired) electrons. The van der Waals surface area contributed by atoms with Crippen LogP contribution in [0.1, 0.15) is 5.69 Å². The van der Waals surface area contributed by atoms with Crippen molar-refractivity contribution in [2.75, 3.05) is 5.75 Å². The highest BCUT2D eigenvalue weighted by atomic mass is 79.9. The molecule has 19 heavy (non-hydrogen) atoms. The predicted molar refractivity (Wildman–Crippen MR) is 82.9 cm³/mol. The molecule has 0 aliphatic heterocycles. The van der Waals surface area contributed by atoms with Crippen LogP contribution in [0.4, 0.5) is 0 Å². The summed E-state index contributed by atoms with van der Waals surface area (Å²) < 4.78 is 2.91. The lowest BCUT2D eigenvalue weighted by Gasteiger charge is -2.14. The van der Waals surface area contributed by atoms with Crippen LogP contribution in [0, 0.1) is 0 Å². The molecule has 0 saturated carbocycles. The molecule has 0 aliphatic rings. The molecule has 2 rings (SSSR count). The highest BCUT2D eigenvalue weighted by molar-refractivity contribution is 9.10. The van der Waals surface area contributed by atoms with Gasteiger partial charge in [-0.15, -0.1) is 11.8 Å². The summed E-state index contributed by atoms with van der Waals surface area (Å²) >= 11 is 5.26. The SMILES string of the molecule is Cn1ccc(CC(CSc2cccc(Br)c2)NN)n1. The Morgan fingerprint density at radius 2 is 2.32 bits per heavy atom. The number of thioether (sulfide) groups is 1. The molecule has 1 aromatic carbocycles. The molecule has 4 nitrogen and oxygen atoms in total. The number of benzene rings is 1. The number of hydrogen-bond donors (Lipinski definition) is 2. The van der Waals surface area contributed by atoms with Gasteiger partial charge in [-0.3, -0.25) is 16.0 Å². The normalized spacial score (nSPS) is 12.6. The Hall–Kier alpha value is -0.820. The van der Waals surface area contributed by atoms with Crippen LogP contribution in [0.2, 0.25) is 0 Å². The van der Waals surface area contributed by atoms with E-state index in [0.717, 1.165) is 22.3 Å². The van der Waals surface area contributed by atoms with Crippen molar-refractivity contribution in [2.45, 2.75) is 17.4 Å². The maximum absolute atomic E-state index is 5.61. The molecule has 0 saturated heterocycles. The second kappa shape index (κ2) is 7.09. The summed E-state index contributed by atoms with van der Waals surface area (Å²) in [4.78, 5) is 1.23. The number of aryl methyl sites for hydroxylation is 1. The largest absolute Gasteiger partial charge is 0.276 e. The Morgan fingerprint density at radius 3 is 2.95 bits per heavy atom. The number of nitrogens with zero attached hydrogens (tertiary/aromatic N) is 2. The van der Waals surface area contributed by atoms with E-state index in [4.69, 9.17) is 5.84 Å². The molecule has 6 heteroatoms. The van der Waals surface area contributed by atoms with Gasteiger partial charge in [0, 0.05) is 40.8 Å². The van der Waals surface area contributed by atoms with Crippen LogP contribution in [0.25, 0.3) is 0 Å². The summed E-state index contributed by atoms with van der Waals surface area (Å²) in [5.74, 6) is 6.52. The van der Waals surface area contributed by atoms with Gasteiger partial charge < -0.3 is 0 Å². The second-order valence-corrected chi connectivity index (χ2v) is 6.33. The van der Waals surface area contributed by atoms with Gasteiger partial charge in [0.05, 0.1) is 5.69 Å². The zero-order valence-corrected chi connectivity index (χ0v) is 13.1. The van der Waals surface area contributed by atoms with Crippen molar-refractivity contribution in [3.8, 4) is 0 Å². The molecule has 0 fully saturated rings. The standard InChI is InChI=1S/C13H17BrN4S/c1-18-6-5-11(17-18)8-12(16-15)9-19-13-4-2-3-10(14)7-13/h2-7,12,16H,8-9,15H2,1H3. The minimum absolute atomic E-state index is 0.207. The van der Waals surface area contributed by atoms with E-state index in [9.17, 15) is 0 Å². The van der Waals surface area contributed by atoms with Crippen LogP contribution >= 0.6 is 27.7 Å². The highest BCUT2D eigenvalue weighted by Gasteiger charge is 2.10. The molecule has 102 valence electrons. The van der Waals surface area contributed by atoms with Gasteiger partial charge in [0.25, 0.3) is 0 Å². The zero-order chi connectivity index (χ0) is 13.7. The number of hydrazine groups is 1. The van der Waals surface area contributed by atoms with Gasteiger partial charge in [-0.2, -0.15) is 5.10 Å². The lowest BCUT2D eigenvalue weighted by molar-refractivity contribution is 0.564. The monoisotopic (exact) mass is 340 g/mol. The van der Waals surface area contributed by atoms with Crippen molar-refractivity contribution >= 4 is 27.7 Å². The highest BCUT2D eigenvalue weighted by Crippen LogP contribution is 2.22. The van der Waals surface area contributed by atoms with Gasteiger partial charge in [-0.05, 0) is 24.3 Å². The number of aromatic nitrogens is 2. The fourth-order valence-electron chi connectivity index (χ4n) is 1.74. The van der Waals surface area contributed by atoms with E-state index in [-0.39, 0.29) is 6.04 Å². The summed E-state index contributed by atoms with van der Waals surface area (Å²) in [5, 5.41) is 4.37. The molecule has 0 aliphatic carbocycles. The minimum atomic E-state index is 0.207. The molecule has 1 aromatic heterocycles. The lowest BCUT2D eigenvalue weighted by Crippen LogP contribution is -2.38. The van der Waals surface area contributed by atoms with Crippen molar-refractivity contribution in [1.82, 2.24) is 15.2 Å². The number of nitrogens with two attached hydrogens (primary N) is 1. The van der Waals surface area contributed by atoms with Gasteiger partial charge >= 0.3 is 0 Å². The molecule has 1 heterocycles. The predicted octanol–water partition coefficient (Wildman–Crippen LogP) is 2.35. The first kappa shape index (κ1) is 14.6. The molecule has 3 N–H and O–H groups in total. The molecular formula is C13H17BrN4S.